The van der Waals surface area contributed by atoms with Crippen LogP contribution in [0.1, 0.15) is 31.7 Å². The van der Waals surface area contributed by atoms with Crippen LogP contribution in [0, 0.1) is 5.41 Å². The van der Waals surface area contributed by atoms with E-state index in [1.54, 1.807) is 6.92 Å². The van der Waals surface area contributed by atoms with Crippen molar-refractivity contribution in [3.05, 3.63) is 40.1 Å². The zero-order valence-electron chi connectivity index (χ0n) is 16.3. The number of amidine groups is 1. The van der Waals surface area contributed by atoms with E-state index in [1.165, 1.54) is 0 Å². The number of hydrogen-bond donors (Lipinski definition) is 2. The molecule has 0 bridgehead atoms. The number of amides is 1. The molecule has 1 aromatic rings. The molecule has 2 N–H and O–H groups in total. The lowest BCUT2D eigenvalue weighted by molar-refractivity contribution is -0.128. The molecule has 0 aromatic heterocycles. The standard InChI is InChI=1S/C21H27ClN4O2/c1-14(27)25-10-7-19(24-15-8-11-28-13-15)17(12-25)21(23)26-9-3-4-16-18(22)5-2-6-20(16)26/h2,5-6,15,23-24H,3-4,7-13H2,1H3. The summed E-state index contributed by atoms with van der Waals surface area (Å²) >= 11 is 6.42. The van der Waals surface area contributed by atoms with E-state index in [4.69, 9.17) is 21.7 Å². The lowest BCUT2D eigenvalue weighted by Crippen LogP contribution is -2.46. The van der Waals surface area contributed by atoms with E-state index < -0.39 is 0 Å². The highest BCUT2D eigenvalue weighted by molar-refractivity contribution is 6.32. The van der Waals surface area contributed by atoms with E-state index in [2.05, 4.69) is 10.2 Å². The van der Waals surface area contributed by atoms with Gasteiger partial charge >= 0.3 is 0 Å². The van der Waals surface area contributed by atoms with Crippen LogP contribution in [0.2, 0.25) is 5.02 Å². The average Bonchev–Trinajstić information content (AvgIpc) is 3.21. The quantitative estimate of drug-likeness (QED) is 0.602. The Morgan fingerprint density at radius 1 is 1.32 bits per heavy atom. The molecule has 0 spiro atoms. The molecule has 3 heterocycles. The molecule has 0 aliphatic carbocycles. The molecule has 1 atom stereocenters. The molecule has 0 saturated carbocycles. The van der Waals surface area contributed by atoms with Gasteiger partial charge in [0.2, 0.25) is 5.91 Å². The third-order valence-corrected chi connectivity index (χ3v) is 6.20. The van der Waals surface area contributed by atoms with Crippen molar-refractivity contribution in [2.24, 2.45) is 0 Å². The molecule has 1 fully saturated rings. The normalized spacial score (nSPS) is 22.3. The molecule has 28 heavy (non-hydrogen) atoms. The Morgan fingerprint density at radius 3 is 2.93 bits per heavy atom. The summed E-state index contributed by atoms with van der Waals surface area (Å²) in [4.78, 5) is 15.9. The van der Waals surface area contributed by atoms with E-state index in [-0.39, 0.29) is 11.9 Å². The van der Waals surface area contributed by atoms with Gasteiger partial charge in [-0.15, -0.1) is 0 Å². The lowest BCUT2D eigenvalue weighted by atomic mass is 9.98. The molecule has 3 aliphatic heterocycles. The fourth-order valence-electron chi connectivity index (χ4n) is 4.28. The first kappa shape index (κ1) is 19.3. The second-order valence-corrected chi connectivity index (χ2v) is 8.10. The Bertz CT molecular complexity index is 817. The van der Waals surface area contributed by atoms with E-state index in [0.29, 0.717) is 25.5 Å². The molecule has 150 valence electrons. The number of carbonyl (C=O) groups is 1. The molecule has 0 radical (unpaired) electrons. The van der Waals surface area contributed by atoms with Crippen LogP contribution < -0.4 is 10.2 Å². The summed E-state index contributed by atoms with van der Waals surface area (Å²) in [6.07, 6.45) is 3.61. The molecule has 1 aromatic carbocycles. The topological polar surface area (TPSA) is 68.7 Å². The van der Waals surface area contributed by atoms with E-state index in [9.17, 15) is 4.79 Å². The van der Waals surface area contributed by atoms with Crippen molar-refractivity contribution in [3.63, 3.8) is 0 Å². The molecule has 1 saturated heterocycles. The number of carbonyl (C=O) groups excluding carboxylic acids is 1. The number of ether oxygens (including phenoxy) is 1. The lowest BCUT2D eigenvalue weighted by Gasteiger charge is -2.37. The number of nitrogens with zero attached hydrogens (tertiary/aromatic N) is 2. The monoisotopic (exact) mass is 402 g/mol. The van der Waals surface area contributed by atoms with Crippen molar-refractivity contribution in [2.45, 2.75) is 38.6 Å². The summed E-state index contributed by atoms with van der Waals surface area (Å²) in [6, 6.07) is 6.18. The second kappa shape index (κ2) is 8.13. The van der Waals surface area contributed by atoms with Crippen LogP contribution in [-0.4, -0.2) is 55.5 Å². The first-order valence-corrected chi connectivity index (χ1v) is 10.4. The number of nitrogens with one attached hydrogen (secondary N) is 2. The first-order valence-electron chi connectivity index (χ1n) is 10.00. The fourth-order valence-corrected chi connectivity index (χ4v) is 4.54. The predicted molar refractivity (Wildman–Crippen MR) is 111 cm³/mol. The van der Waals surface area contributed by atoms with Gasteiger partial charge in [0.1, 0.15) is 5.84 Å². The van der Waals surface area contributed by atoms with Gasteiger partial charge in [-0.3, -0.25) is 10.2 Å². The van der Waals surface area contributed by atoms with Crippen molar-refractivity contribution < 1.29 is 9.53 Å². The summed E-state index contributed by atoms with van der Waals surface area (Å²) in [7, 11) is 0. The Balaban J connectivity index is 1.66. The van der Waals surface area contributed by atoms with Gasteiger partial charge in [-0.1, -0.05) is 17.7 Å². The minimum Gasteiger partial charge on any atom is -0.383 e. The van der Waals surface area contributed by atoms with Gasteiger partial charge < -0.3 is 19.9 Å². The largest absolute Gasteiger partial charge is 0.383 e. The summed E-state index contributed by atoms with van der Waals surface area (Å²) in [5, 5.41) is 13.4. The molecule has 7 heteroatoms. The third kappa shape index (κ3) is 3.76. The molecular weight excluding hydrogens is 376 g/mol. The highest BCUT2D eigenvalue weighted by atomic mass is 35.5. The summed E-state index contributed by atoms with van der Waals surface area (Å²) in [6.45, 7) is 5.01. The van der Waals surface area contributed by atoms with E-state index in [0.717, 1.165) is 66.4 Å². The van der Waals surface area contributed by atoms with Crippen LogP contribution in [0.15, 0.2) is 29.5 Å². The van der Waals surface area contributed by atoms with Gasteiger partial charge in [0.05, 0.1) is 19.2 Å². The van der Waals surface area contributed by atoms with E-state index in [1.807, 2.05) is 23.1 Å². The summed E-state index contributed by atoms with van der Waals surface area (Å²) < 4.78 is 5.50. The SMILES string of the molecule is CC(=O)N1CCC(NC2CCOC2)=C(C(=N)N2CCCc3c(Cl)cccc32)C1. The maximum Gasteiger partial charge on any atom is 0.219 e. The van der Waals surface area contributed by atoms with Crippen LogP contribution in [0.4, 0.5) is 5.69 Å². The number of benzene rings is 1. The van der Waals surface area contributed by atoms with Crippen LogP contribution in [0.25, 0.3) is 0 Å². The van der Waals surface area contributed by atoms with Crippen LogP contribution >= 0.6 is 11.6 Å². The summed E-state index contributed by atoms with van der Waals surface area (Å²) in [5.41, 5.74) is 4.10. The molecular formula is C21H27ClN4O2. The van der Waals surface area contributed by atoms with E-state index >= 15 is 0 Å². The minimum atomic E-state index is 0.0515. The van der Waals surface area contributed by atoms with Gasteiger partial charge in [0.25, 0.3) is 0 Å². The van der Waals surface area contributed by atoms with Crippen LogP contribution in [0.3, 0.4) is 0 Å². The minimum absolute atomic E-state index is 0.0515. The number of rotatable bonds is 3. The zero-order valence-corrected chi connectivity index (χ0v) is 17.0. The first-order chi connectivity index (χ1) is 13.5. The number of halogens is 1. The highest BCUT2D eigenvalue weighted by Crippen LogP contribution is 2.34. The maximum atomic E-state index is 12.0. The Morgan fingerprint density at radius 2 is 2.18 bits per heavy atom. The Hall–Kier alpha value is -2.05. The van der Waals surface area contributed by atoms with Crippen molar-refractivity contribution in [3.8, 4) is 0 Å². The second-order valence-electron chi connectivity index (χ2n) is 7.69. The Labute approximate surface area is 171 Å². The van der Waals surface area contributed by atoms with Gasteiger partial charge in [0.15, 0.2) is 0 Å². The van der Waals surface area contributed by atoms with Crippen molar-refractivity contribution in [1.82, 2.24) is 10.2 Å². The Kier molecular flexibility index (Phi) is 5.60. The molecule has 1 amide bonds. The number of fused-ring (bicyclic) bond motifs is 1. The fraction of sp³-hybridized carbons (Fsp3) is 0.524. The smallest absolute Gasteiger partial charge is 0.219 e. The van der Waals surface area contributed by atoms with Crippen LogP contribution in [-0.2, 0) is 16.0 Å². The van der Waals surface area contributed by atoms with Gasteiger partial charge in [0, 0.05) is 55.0 Å². The van der Waals surface area contributed by atoms with Gasteiger partial charge in [-0.05, 0) is 37.0 Å². The van der Waals surface area contributed by atoms with Crippen LogP contribution in [0.5, 0.6) is 0 Å². The summed E-state index contributed by atoms with van der Waals surface area (Å²) in [5.74, 6) is 0.520. The van der Waals surface area contributed by atoms with Crippen molar-refractivity contribution in [2.75, 3.05) is 37.7 Å². The average molecular weight is 403 g/mol. The zero-order chi connectivity index (χ0) is 19.7. The molecule has 4 rings (SSSR count). The number of hydrogen-bond acceptors (Lipinski definition) is 4. The van der Waals surface area contributed by atoms with Gasteiger partial charge in [-0.25, -0.2) is 0 Å². The van der Waals surface area contributed by atoms with Gasteiger partial charge in [-0.2, -0.15) is 0 Å². The molecule has 3 aliphatic rings. The highest BCUT2D eigenvalue weighted by Gasteiger charge is 2.30. The molecule has 6 nitrogen and oxygen atoms in total. The number of anilines is 1. The molecule has 1 unspecified atom stereocenters. The van der Waals surface area contributed by atoms with Crippen molar-refractivity contribution in [1.29, 1.82) is 5.41 Å². The maximum absolute atomic E-state index is 12.0. The predicted octanol–water partition coefficient (Wildman–Crippen LogP) is 2.95. The van der Waals surface area contributed by atoms with Crippen molar-refractivity contribution >= 4 is 29.0 Å². The third-order valence-electron chi connectivity index (χ3n) is 5.85.